The molecule has 1 aliphatic carbocycles. The van der Waals surface area contributed by atoms with Crippen molar-refractivity contribution < 1.29 is 27.5 Å². The summed E-state index contributed by atoms with van der Waals surface area (Å²) >= 11 is 0. The van der Waals surface area contributed by atoms with Gasteiger partial charge in [-0.3, -0.25) is 4.79 Å². The number of aromatic nitrogens is 1. The van der Waals surface area contributed by atoms with Gasteiger partial charge in [0.25, 0.3) is 5.91 Å². The fourth-order valence-electron chi connectivity index (χ4n) is 3.23. The molecule has 1 heterocycles. The van der Waals surface area contributed by atoms with Crippen LogP contribution in [-0.4, -0.2) is 22.5 Å². The second-order valence-electron chi connectivity index (χ2n) is 6.97. The Balaban J connectivity index is 1.70. The summed E-state index contributed by atoms with van der Waals surface area (Å²) < 4.78 is 46.4. The van der Waals surface area contributed by atoms with E-state index in [-0.39, 0.29) is 5.69 Å². The molecule has 8 heteroatoms. The number of rotatable bonds is 5. The lowest BCUT2D eigenvalue weighted by Crippen LogP contribution is -2.31. The van der Waals surface area contributed by atoms with Gasteiger partial charge in [-0.2, -0.15) is 13.2 Å². The highest BCUT2D eigenvalue weighted by Gasteiger charge is 2.34. The number of carbonyl (C=O) groups is 2. The summed E-state index contributed by atoms with van der Waals surface area (Å²) in [5.74, 6) is -1.51. The van der Waals surface area contributed by atoms with Crippen LogP contribution in [-0.2, 0) is 15.7 Å². The van der Waals surface area contributed by atoms with Crippen molar-refractivity contribution in [3.05, 3.63) is 52.8 Å². The van der Waals surface area contributed by atoms with Crippen LogP contribution in [0.15, 0.2) is 30.3 Å². The van der Waals surface area contributed by atoms with Crippen LogP contribution in [0.2, 0.25) is 0 Å². The van der Waals surface area contributed by atoms with E-state index in [1.165, 1.54) is 19.1 Å². The Hall–Kier alpha value is -2.77. The smallest absolute Gasteiger partial charge is 0.418 e. The van der Waals surface area contributed by atoms with E-state index in [0.29, 0.717) is 11.6 Å². The molecule has 150 valence electrons. The standard InChI is InChI=1S/C20H21F3N2O3/c1-11-10-15(12(2)25(11)14-8-9-14)19(27)28-13(3)18(26)24-17-7-5-4-6-16(17)20(21,22)23/h4-7,10,13-14H,8-9H2,1-3H3,(H,24,26). The van der Waals surface area contributed by atoms with Crippen LogP contribution in [0.4, 0.5) is 18.9 Å². The molecule has 1 atom stereocenters. The first kappa shape index (κ1) is 20.0. The maximum atomic E-state index is 13.0. The number of para-hydroxylation sites is 1. The fourth-order valence-corrected chi connectivity index (χ4v) is 3.23. The molecule has 0 saturated heterocycles. The number of nitrogens with zero attached hydrogens (tertiary/aromatic N) is 1. The summed E-state index contributed by atoms with van der Waals surface area (Å²) in [6, 6.07) is 6.74. The monoisotopic (exact) mass is 394 g/mol. The molecule has 1 aromatic carbocycles. The average Bonchev–Trinajstić information content (AvgIpc) is 3.39. The Labute approximate surface area is 160 Å². The van der Waals surface area contributed by atoms with E-state index in [2.05, 4.69) is 9.88 Å². The lowest BCUT2D eigenvalue weighted by molar-refractivity contribution is -0.137. The van der Waals surface area contributed by atoms with E-state index in [4.69, 9.17) is 4.74 Å². The van der Waals surface area contributed by atoms with E-state index < -0.39 is 29.7 Å². The Morgan fingerprint density at radius 1 is 1.21 bits per heavy atom. The Morgan fingerprint density at radius 3 is 2.46 bits per heavy atom. The van der Waals surface area contributed by atoms with Gasteiger partial charge in [0.15, 0.2) is 6.10 Å². The summed E-state index contributed by atoms with van der Waals surface area (Å²) in [6.07, 6.45) is -3.74. The van der Waals surface area contributed by atoms with Crippen LogP contribution in [0.3, 0.4) is 0 Å². The first-order valence-electron chi connectivity index (χ1n) is 8.96. The van der Waals surface area contributed by atoms with Gasteiger partial charge in [-0.15, -0.1) is 0 Å². The molecular formula is C20H21F3N2O3. The minimum absolute atomic E-state index is 0.361. The van der Waals surface area contributed by atoms with Crippen LogP contribution in [0, 0.1) is 13.8 Å². The molecular weight excluding hydrogens is 373 g/mol. The second kappa shape index (κ2) is 7.33. The molecule has 2 aromatic rings. The molecule has 1 saturated carbocycles. The van der Waals surface area contributed by atoms with E-state index >= 15 is 0 Å². The molecule has 1 N–H and O–H groups in total. The molecule has 0 spiro atoms. The minimum atomic E-state index is -4.61. The van der Waals surface area contributed by atoms with Crippen molar-refractivity contribution in [1.29, 1.82) is 0 Å². The van der Waals surface area contributed by atoms with Crippen LogP contribution >= 0.6 is 0 Å². The largest absolute Gasteiger partial charge is 0.449 e. The lowest BCUT2D eigenvalue weighted by Gasteiger charge is -2.17. The molecule has 1 amide bonds. The average molecular weight is 394 g/mol. The molecule has 1 fully saturated rings. The van der Waals surface area contributed by atoms with Crippen LogP contribution in [0.1, 0.15) is 53.1 Å². The van der Waals surface area contributed by atoms with Gasteiger partial charge in [-0.1, -0.05) is 12.1 Å². The van der Waals surface area contributed by atoms with Gasteiger partial charge >= 0.3 is 12.1 Å². The van der Waals surface area contributed by atoms with Crippen molar-refractivity contribution >= 4 is 17.6 Å². The summed E-state index contributed by atoms with van der Waals surface area (Å²) in [6.45, 7) is 5.03. The Morgan fingerprint density at radius 2 is 1.86 bits per heavy atom. The topological polar surface area (TPSA) is 60.3 Å². The zero-order valence-electron chi connectivity index (χ0n) is 15.8. The molecule has 1 aromatic heterocycles. The lowest BCUT2D eigenvalue weighted by atomic mass is 10.1. The summed E-state index contributed by atoms with van der Waals surface area (Å²) in [4.78, 5) is 24.7. The molecule has 0 bridgehead atoms. The molecule has 1 unspecified atom stereocenters. The van der Waals surface area contributed by atoms with E-state index in [9.17, 15) is 22.8 Å². The number of nitrogens with one attached hydrogen (secondary N) is 1. The maximum absolute atomic E-state index is 13.0. The number of alkyl halides is 3. The van der Waals surface area contributed by atoms with E-state index in [1.807, 2.05) is 13.8 Å². The number of benzene rings is 1. The third-order valence-corrected chi connectivity index (χ3v) is 4.76. The molecule has 0 aliphatic heterocycles. The van der Waals surface area contributed by atoms with Crippen molar-refractivity contribution in [3.63, 3.8) is 0 Å². The van der Waals surface area contributed by atoms with Crippen LogP contribution in [0.25, 0.3) is 0 Å². The number of halogens is 3. The third kappa shape index (κ3) is 4.05. The van der Waals surface area contributed by atoms with Gasteiger partial charge < -0.3 is 14.6 Å². The number of carbonyl (C=O) groups excluding carboxylic acids is 2. The molecule has 3 rings (SSSR count). The van der Waals surface area contributed by atoms with Gasteiger partial charge in [0.05, 0.1) is 16.8 Å². The number of anilines is 1. The number of amides is 1. The van der Waals surface area contributed by atoms with Crippen molar-refractivity contribution in [2.24, 2.45) is 0 Å². The Bertz CT molecular complexity index is 914. The van der Waals surface area contributed by atoms with Crippen LogP contribution in [0.5, 0.6) is 0 Å². The highest BCUT2D eigenvalue weighted by atomic mass is 19.4. The first-order chi connectivity index (χ1) is 13.1. The van der Waals surface area contributed by atoms with Gasteiger partial charge in [0.1, 0.15) is 0 Å². The number of aryl methyl sites for hydroxylation is 1. The third-order valence-electron chi connectivity index (χ3n) is 4.76. The number of ether oxygens (including phenoxy) is 1. The van der Waals surface area contributed by atoms with E-state index in [0.717, 1.165) is 36.4 Å². The Kier molecular flexibility index (Phi) is 5.23. The van der Waals surface area contributed by atoms with Crippen molar-refractivity contribution in [2.45, 2.75) is 51.9 Å². The van der Waals surface area contributed by atoms with Crippen molar-refractivity contribution in [1.82, 2.24) is 4.57 Å². The van der Waals surface area contributed by atoms with Crippen LogP contribution < -0.4 is 5.32 Å². The van der Waals surface area contributed by atoms with Crippen molar-refractivity contribution in [3.8, 4) is 0 Å². The highest BCUT2D eigenvalue weighted by molar-refractivity contribution is 5.98. The minimum Gasteiger partial charge on any atom is -0.449 e. The number of hydrogen-bond donors (Lipinski definition) is 1. The molecule has 1 aliphatic rings. The maximum Gasteiger partial charge on any atom is 0.418 e. The van der Waals surface area contributed by atoms with Crippen molar-refractivity contribution in [2.75, 3.05) is 5.32 Å². The number of hydrogen-bond acceptors (Lipinski definition) is 3. The second-order valence-corrected chi connectivity index (χ2v) is 6.97. The van der Waals surface area contributed by atoms with Gasteiger partial charge in [-0.25, -0.2) is 4.79 Å². The summed E-state index contributed by atoms with van der Waals surface area (Å²) in [7, 11) is 0. The summed E-state index contributed by atoms with van der Waals surface area (Å²) in [5.41, 5.74) is 0.715. The van der Waals surface area contributed by atoms with E-state index in [1.54, 1.807) is 6.07 Å². The predicted octanol–water partition coefficient (Wildman–Crippen LogP) is 4.64. The zero-order valence-corrected chi connectivity index (χ0v) is 15.8. The molecule has 28 heavy (non-hydrogen) atoms. The quantitative estimate of drug-likeness (QED) is 0.752. The van der Waals surface area contributed by atoms with Gasteiger partial charge in [-0.05, 0) is 51.8 Å². The fraction of sp³-hybridized carbons (Fsp3) is 0.400. The highest BCUT2D eigenvalue weighted by Crippen LogP contribution is 2.38. The SMILES string of the molecule is Cc1cc(C(=O)OC(C)C(=O)Nc2ccccc2C(F)(F)F)c(C)n1C1CC1. The predicted molar refractivity (Wildman–Crippen MR) is 97.1 cm³/mol. The summed E-state index contributed by atoms with van der Waals surface area (Å²) in [5, 5.41) is 2.19. The molecule has 5 nitrogen and oxygen atoms in total. The van der Waals surface area contributed by atoms with Gasteiger partial charge in [0, 0.05) is 17.4 Å². The number of esters is 1. The first-order valence-corrected chi connectivity index (χ1v) is 8.96. The molecule has 0 radical (unpaired) electrons. The zero-order chi connectivity index (χ0) is 20.6. The normalized spacial score (nSPS) is 15.2. The van der Waals surface area contributed by atoms with Gasteiger partial charge in [0.2, 0.25) is 0 Å².